The summed E-state index contributed by atoms with van der Waals surface area (Å²) >= 11 is 9.67. The highest BCUT2D eigenvalue weighted by molar-refractivity contribution is 14.1. The van der Waals surface area contributed by atoms with Crippen LogP contribution in [-0.4, -0.2) is 17.2 Å². The molecule has 0 aliphatic rings. The predicted molar refractivity (Wildman–Crippen MR) is 248 cm³/mol. The van der Waals surface area contributed by atoms with E-state index in [1.807, 2.05) is 54.6 Å². The van der Waals surface area contributed by atoms with Crippen molar-refractivity contribution >= 4 is 132 Å². The largest absolute Gasteiger partial charge is 0.489 e. The fourth-order valence-corrected chi connectivity index (χ4v) is 8.86. The van der Waals surface area contributed by atoms with Gasteiger partial charge < -0.3 is 10.0 Å². The average Bonchev–Trinajstić information content (AvgIpc) is 3.22. The molecule has 2 N–H and O–H groups in total. The van der Waals surface area contributed by atoms with Gasteiger partial charge in [-0.2, -0.15) is 0 Å². The van der Waals surface area contributed by atoms with Crippen molar-refractivity contribution in [1.82, 2.24) is 0 Å². The van der Waals surface area contributed by atoms with Gasteiger partial charge in [0.1, 0.15) is 0 Å². The lowest BCUT2D eigenvalue weighted by atomic mass is 9.76. The zero-order valence-electron chi connectivity index (χ0n) is 28.9. The maximum atomic E-state index is 9.44. The monoisotopic (exact) mass is 936 g/mol. The van der Waals surface area contributed by atoms with Gasteiger partial charge in [0.25, 0.3) is 0 Å². The van der Waals surface area contributed by atoms with Gasteiger partial charge in [-0.25, -0.2) is 0 Å². The van der Waals surface area contributed by atoms with Crippen molar-refractivity contribution in [2.45, 2.75) is 0 Å². The van der Waals surface area contributed by atoms with Crippen LogP contribution in [-0.2, 0) is 0 Å². The van der Waals surface area contributed by atoms with E-state index < -0.39 is 7.12 Å². The van der Waals surface area contributed by atoms with Crippen molar-refractivity contribution in [1.29, 1.82) is 0 Å². The molecule has 0 spiro atoms. The second kappa shape index (κ2) is 16.0. The molecule has 0 aliphatic heterocycles. The van der Waals surface area contributed by atoms with Crippen molar-refractivity contribution in [3.8, 4) is 11.1 Å². The maximum Gasteiger partial charge on any atom is 0.489 e. The molecule has 0 radical (unpaired) electrons. The Hall–Kier alpha value is -4.57. The fraction of sp³-hybridized carbons (Fsp3) is 0. The molecule has 0 aliphatic carbocycles. The molecule has 10 rings (SSSR count). The molecule has 54 heavy (non-hydrogen) atoms. The minimum atomic E-state index is -1.44. The molecule has 0 amide bonds. The SMILES string of the molecule is Brc1ccc2ccccc2c1-c1cc2ccccc2c2ccccc12.Brc1ccc2ccccc2c1I.OB(O)c1cc2ccccc2c2ccccc12. The number of hydrogen-bond acceptors (Lipinski definition) is 2. The van der Waals surface area contributed by atoms with E-state index >= 15 is 0 Å². The van der Waals surface area contributed by atoms with Crippen LogP contribution in [0.5, 0.6) is 0 Å². The first-order valence-electron chi connectivity index (χ1n) is 17.6. The first-order valence-corrected chi connectivity index (χ1v) is 20.2. The Balaban J connectivity index is 0.000000124. The number of hydrogen-bond donors (Lipinski definition) is 2. The lowest BCUT2D eigenvalue weighted by molar-refractivity contribution is 0.426. The standard InChI is InChI=1S/C24H15Br.C14H11BO2.C10H6BrI/c25-23-14-13-16-7-1-4-10-19(16)24(23)22-15-17-8-2-3-9-18(17)20-11-5-6-12-21(20)22;16-15(17)14-9-10-5-1-2-6-11(10)12-7-3-4-8-13(12)14;11-9-6-5-7-3-1-2-4-8(7)10(9)12/h1-15H;1-9,16-17H;1-6H. The highest BCUT2D eigenvalue weighted by Crippen LogP contribution is 2.41. The van der Waals surface area contributed by atoms with Crippen LogP contribution < -0.4 is 5.46 Å². The lowest BCUT2D eigenvalue weighted by Crippen LogP contribution is -2.30. The molecule has 6 heteroatoms. The third-order valence-corrected chi connectivity index (χ3v) is 13.0. The summed E-state index contributed by atoms with van der Waals surface area (Å²) in [5.74, 6) is 0. The molecule has 0 saturated carbocycles. The average molecular weight is 938 g/mol. The second-order valence-corrected chi connectivity index (χ2v) is 15.8. The van der Waals surface area contributed by atoms with Gasteiger partial charge in [0.05, 0.1) is 0 Å². The predicted octanol–water partition coefficient (Wildman–Crippen LogP) is 13.5. The number of halogens is 3. The zero-order valence-corrected chi connectivity index (χ0v) is 34.3. The summed E-state index contributed by atoms with van der Waals surface area (Å²) in [6, 6.07) is 62.8. The Morgan fingerprint density at radius 3 is 1.37 bits per heavy atom. The van der Waals surface area contributed by atoms with E-state index in [2.05, 4.69) is 182 Å². The van der Waals surface area contributed by atoms with E-state index in [-0.39, 0.29) is 0 Å². The molecule has 0 saturated heterocycles. The molecule has 0 atom stereocenters. The van der Waals surface area contributed by atoms with Gasteiger partial charge in [-0.1, -0.05) is 180 Å². The second-order valence-electron chi connectivity index (χ2n) is 13.0. The molecule has 10 aromatic rings. The van der Waals surface area contributed by atoms with Gasteiger partial charge in [0, 0.05) is 18.1 Å². The highest BCUT2D eigenvalue weighted by Gasteiger charge is 2.16. The lowest BCUT2D eigenvalue weighted by Gasteiger charge is -2.14. The summed E-state index contributed by atoms with van der Waals surface area (Å²) in [4.78, 5) is 0. The van der Waals surface area contributed by atoms with Gasteiger partial charge in [-0.3, -0.25) is 0 Å². The van der Waals surface area contributed by atoms with Crippen LogP contribution in [0.4, 0.5) is 0 Å². The van der Waals surface area contributed by atoms with E-state index in [9.17, 15) is 10.0 Å². The molecule has 260 valence electrons. The zero-order chi connectivity index (χ0) is 37.2. The van der Waals surface area contributed by atoms with E-state index in [0.29, 0.717) is 5.46 Å². The molecule has 0 heterocycles. The van der Waals surface area contributed by atoms with Crippen LogP contribution in [0.2, 0.25) is 0 Å². The van der Waals surface area contributed by atoms with Crippen molar-refractivity contribution in [3.05, 3.63) is 195 Å². The van der Waals surface area contributed by atoms with Gasteiger partial charge in [0.2, 0.25) is 0 Å². The number of fused-ring (bicyclic) bond motifs is 8. The molecule has 10 aromatic carbocycles. The van der Waals surface area contributed by atoms with E-state index in [1.54, 1.807) is 0 Å². The maximum absolute atomic E-state index is 9.44. The third kappa shape index (κ3) is 7.17. The van der Waals surface area contributed by atoms with Gasteiger partial charge in [-0.15, -0.1) is 0 Å². The summed E-state index contributed by atoms with van der Waals surface area (Å²) in [6.45, 7) is 0. The molecule has 0 fully saturated rings. The normalized spacial score (nSPS) is 11.1. The van der Waals surface area contributed by atoms with Crippen LogP contribution in [0.15, 0.2) is 191 Å². The Bertz CT molecular complexity index is 2980. The van der Waals surface area contributed by atoms with E-state index in [0.717, 1.165) is 26.0 Å². The van der Waals surface area contributed by atoms with Crippen molar-refractivity contribution in [2.24, 2.45) is 0 Å². The Labute approximate surface area is 344 Å². The first kappa shape index (κ1) is 36.4. The Morgan fingerprint density at radius 1 is 0.370 bits per heavy atom. The van der Waals surface area contributed by atoms with E-state index in [1.165, 1.54) is 62.3 Å². The highest BCUT2D eigenvalue weighted by atomic mass is 127. The first-order chi connectivity index (χ1) is 26.4. The number of rotatable bonds is 2. The topological polar surface area (TPSA) is 40.5 Å². The molecule has 0 bridgehead atoms. The van der Waals surface area contributed by atoms with Crippen LogP contribution in [0.1, 0.15) is 0 Å². The third-order valence-electron chi connectivity index (χ3n) is 9.81. The molecular weight excluding hydrogens is 906 g/mol. The quantitative estimate of drug-likeness (QED) is 0.103. The Kier molecular flexibility index (Phi) is 10.8. The van der Waals surface area contributed by atoms with E-state index in [4.69, 9.17) is 0 Å². The summed E-state index contributed by atoms with van der Waals surface area (Å²) in [6.07, 6.45) is 0. The van der Waals surface area contributed by atoms with Crippen LogP contribution in [0.25, 0.3) is 75.8 Å². The van der Waals surface area contributed by atoms with Crippen LogP contribution in [0, 0.1) is 3.57 Å². The van der Waals surface area contributed by atoms with Crippen molar-refractivity contribution in [3.63, 3.8) is 0 Å². The summed E-state index contributed by atoms with van der Waals surface area (Å²) in [7, 11) is -1.44. The number of benzene rings is 10. The Morgan fingerprint density at radius 2 is 0.778 bits per heavy atom. The summed E-state index contributed by atoms with van der Waals surface area (Å²) < 4.78 is 3.58. The summed E-state index contributed by atoms with van der Waals surface area (Å²) in [5, 5.41) is 33.3. The molecular formula is C48H32BBr2IO2. The smallest absolute Gasteiger partial charge is 0.423 e. The van der Waals surface area contributed by atoms with Gasteiger partial charge in [-0.05, 0) is 132 Å². The minimum absolute atomic E-state index is 0.555. The summed E-state index contributed by atoms with van der Waals surface area (Å²) in [5.41, 5.74) is 3.09. The van der Waals surface area contributed by atoms with Crippen LogP contribution in [0.3, 0.4) is 0 Å². The van der Waals surface area contributed by atoms with Crippen LogP contribution >= 0.6 is 54.5 Å². The molecule has 0 unspecified atom stereocenters. The van der Waals surface area contributed by atoms with Crippen molar-refractivity contribution < 1.29 is 10.0 Å². The molecule has 0 aromatic heterocycles. The minimum Gasteiger partial charge on any atom is -0.423 e. The van der Waals surface area contributed by atoms with Gasteiger partial charge >= 0.3 is 7.12 Å². The fourth-order valence-electron chi connectivity index (χ4n) is 7.28. The van der Waals surface area contributed by atoms with Crippen molar-refractivity contribution in [2.75, 3.05) is 0 Å². The van der Waals surface area contributed by atoms with Gasteiger partial charge in [0.15, 0.2) is 0 Å². The molecule has 2 nitrogen and oxygen atoms in total.